The van der Waals surface area contributed by atoms with E-state index in [1.54, 1.807) is 13.8 Å². The van der Waals surface area contributed by atoms with Crippen molar-refractivity contribution in [1.29, 1.82) is 0 Å². The van der Waals surface area contributed by atoms with Gasteiger partial charge in [-0.05, 0) is 17.1 Å². The zero-order valence-corrected chi connectivity index (χ0v) is 9.14. The molecule has 0 aliphatic carbocycles. The summed E-state index contributed by atoms with van der Waals surface area (Å²) in [6.45, 7) is 3.25. The highest BCUT2D eigenvalue weighted by atomic mass is 16.5. The first kappa shape index (κ1) is 10.4. The largest absolute Gasteiger partial charge is 0.710 e. The van der Waals surface area contributed by atoms with Crippen LogP contribution in [0.1, 0.15) is 11.4 Å². The fourth-order valence-electron chi connectivity index (χ4n) is 1.54. The summed E-state index contributed by atoms with van der Waals surface area (Å²) in [6, 6.07) is 9.18. The molecule has 0 aliphatic heterocycles. The summed E-state index contributed by atoms with van der Waals surface area (Å²) >= 11 is 0. The van der Waals surface area contributed by atoms with Gasteiger partial charge in [-0.2, -0.15) is 0 Å². The molecule has 82 valence electrons. The van der Waals surface area contributed by atoms with Gasteiger partial charge in [-0.25, -0.2) is 4.73 Å². The molecule has 1 N–H and O–H groups in total. The van der Waals surface area contributed by atoms with Gasteiger partial charge in [-0.1, -0.05) is 18.2 Å². The number of aromatic hydroxyl groups is 1. The molecule has 0 unspecified atom stereocenters. The molecule has 4 nitrogen and oxygen atoms in total. The molecule has 0 bridgehead atoms. The molecule has 0 fully saturated rings. The van der Waals surface area contributed by atoms with Crippen LogP contribution in [0.2, 0.25) is 0 Å². The van der Waals surface area contributed by atoms with Gasteiger partial charge in [0.1, 0.15) is 5.69 Å². The van der Waals surface area contributed by atoms with E-state index in [0.717, 1.165) is 5.56 Å². The van der Waals surface area contributed by atoms with Crippen LogP contribution in [-0.2, 0) is 0 Å². The number of nitrogens with zero attached hydrogens (tertiary/aromatic N) is 2. The van der Waals surface area contributed by atoms with Crippen LogP contribution >= 0.6 is 0 Å². The normalized spacial score (nSPS) is 10.4. The van der Waals surface area contributed by atoms with Crippen LogP contribution in [0.4, 0.5) is 0 Å². The molecule has 0 radical (unpaired) electrons. The summed E-state index contributed by atoms with van der Waals surface area (Å²) in [5.74, 6) is 0.267. The molecule has 1 heterocycles. The lowest BCUT2D eigenvalue weighted by molar-refractivity contribution is -0.604. The maximum absolute atomic E-state index is 11.8. The second-order valence-corrected chi connectivity index (χ2v) is 3.62. The van der Waals surface area contributed by atoms with E-state index >= 15 is 0 Å². The summed E-state index contributed by atoms with van der Waals surface area (Å²) in [7, 11) is 0. The molecule has 1 aromatic carbocycles. The Bertz CT molecular complexity index is 524. The third kappa shape index (κ3) is 1.58. The van der Waals surface area contributed by atoms with Crippen molar-refractivity contribution in [3.63, 3.8) is 0 Å². The highest BCUT2D eigenvalue weighted by Gasteiger charge is 2.19. The fourth-order valence-corrected chi connectivity index (χ4v) is 1.54. The van der Waals surface area contributed by atoms with Gasteiger partial charge in [0.05, 0.1) is 5.56 Å². The van der Waals surface area contributed by atoms with Crippen LogP contribution in [0.3, 0.4) is 0 Å². The maximum atomic E-state index is 11.8. The molecular formula is C12H12N2O2. The lowest BCUT2D eigenvalue weighted by atomic mass is 10.2. The molecule has 16 heavy (non-hydrogen) atoms. The van der Waals surface area contributed by atoms with Crippen LogP contribution in [0.15, 0.2) is 30.3 Å². The third-order valence-electron chi connectivity index (χ3n) is 2.49. The highest BCUT2D eigenvalue weighted by Crippen LogP contribution is 2.20. The summed E-state index contributed by atoms with van der Waals surface area (Å²) < 4.78 is 0.650. The predicted molar refractivity (Wildman–Crippen MR) is 59.8 cm³/mol. The van der Waals surface area contributed by atoms with Crippen molar-refractivity contribution in [2.24, 2.45) is 0 Å². The highest BCUT2D eigenvalue weighted by molar-refractivity contribution is 5.52. The summed E-state index contributed by atoms with van der Waals surface area (Å²) in [5.41, 5.74) is 1.47. The molecule has 4 heteroatoms. The van der Waals surface area contributed by atoms with Crippen molar-refractivity contribution < 1.29 is 9.84 Å². The first-order chi connectivity index (χ1) is 7.61. The second kappa shape index (κ2) is 3.81. The zero-order valence-electron chi connectivity index (χ0n) is 9.14. The molecule has 0 aliphatic rings. The fraction of sp³-hybridized carbons (Fsp3) is 0.167. The molecule has 0 saturated heterocycles. The van der Waals surface area contributed by atoms with Gasteiger partial charge in [0.15, 0.2) is 5.69 Å². The van der Waals surface area contributed by atoms with Gasteiger partial charge < -0.3 is 10.3 Å². The van der Waals surface area contributed by atoms with E-state index in [0.29, 0.717) is 16.2 Å². The monoisotopic (exact) mass is 216 g/mol. The minimum atomic E-state index is -0.0466. The summed E-state index contributed by atoms with van der Waals surface area (Å²) in [6.07, 6.45) is 0. The molecule has 2 aromatic rings. The van der Waals surface area contributed by atoms with Crippen molar-refractivity contribution in [2.45, 2.75) is 13.8 Å². The Labute approximate surface area is 93.4 Å². The Hall–Kier alpha value is -2.10. The van der Waals surface area contributed by atoms with E-state index < -0.39 is 0 Å². The van der Waals surface area contributed by atoms with Crippen LogP contribution in [0.25, 0.3) is 11.4 Å². The van der Waals surface area contributed by atoms with Crippen molar-refractivity contribution in [2.75, 3.05) is 0 Å². The van der Waals surface area contributed by atoms with Crippen LogP contribution in [0, 0.1) is 19.1 Å². The van der Waals surface area contributed by atoms with Gasteiger partial charge >= 0.3 is 5.82 Å². The Morgan fingerprint density at radius 1 is 1.19 bits per heavy atom. The zero-order chi connectivity index (χ0) is 11.7. The SMILES string of the molecule is Cc1nc(-c2ccccc2)[n+]([O-])c(C)c1O. The van der Waals surface area contributed by atoms with Crippen LogP contribution in [-0.4, -0.2) is 10.1 Å². The lowest BCUT2D eigenvalue weighted by Gasteiger charge is -2.11. The molecule has 0 saturated carbocycles. The standard InChI is InChI=1S/C12H12N2O2/c1-8-11(15)9(2)14(16)12(13-8)10-6-4-3-5-7-10/h3-7,15H,1-2H3. The van der Waals surface area contributed by atoms with E-state index in [4.69, 9.17) is 0 Å². The van der Waals surface area contributed by atoms with Gasteiger partial charge in [-0.15, -0.1) is 0 Å². The number of aryl methyl sites for hydroxylation is 1. The minimum Gasteiger partial charge on any atom is -0.710 e. The Morgan fingerprint density at radius 2 is 1.81 bits per heavy atom. The minimum absolute atomic E-state index is 0.0466. The molecule has 0 amide bonds. The first-order valence-corrected chi connectivity index (χ1v) is 4.96. The maximum Gasteiger partial charge on any atom is 0.333 e. The van der Waals surface area contributed by atoms with Crippen LogP contribution < -0.4 is 4.73 Å². The van der Waals surface area contributed by atoms with E-state index in [2.05, 4.69) is 4.98 Å². The lowest BCUT2D eigenvalue weighted by Crippen LogP contribution is -2.34. The summed E-state index contributed by atoms with van der Waals surface area (Å²) in [4.78, 5) is 4.10. The Kier molecular flexibility index (Phi) is 2.48. The molecule has 0 spiro atoms. The van der Waals surface area contributed by atoms with Crippen molar-refractivity contribution >= 4 is 0 Å². The van der Waals surface area contributed by atoms with Crippen molar-refractivity contribution in [1.82, 2.24) is 4.98 Å². The van der Waals surface area contributed by atoms with E-state index in [1.165, 1.54) is 0 Å². The Balaban J connectivity index is 2.68. The van der Waals surface area contributed by atoms with E-state index in [1.807, 2.05) is 30.3 Å². The number of hydrogen-bond acceptors (Lipinski definition) is 3. The average molecular weight is 216 g/mol. The molecule has 2 rings (SSSR count). The molecule has 0 atom stereocenters. The number of aromatic nitrogens is 2. The quantitative estimate of drug-likeness (QED) is 0.583. The van der Waals surface area contributed by atoms with E-state index in [9.17, 15) is 10.3 Å². The van der Waals surface area contributed by atoms with Gasteiger partial charge in [0, 0.05) is 13.8 Å². The van der Waals surface area contributed by atoms with Gasteiger partial charge in [0.2, 0.25) is 5.75 Å². The summed E-state index contributed by atoms with van der Waals surface area (Å²) in [5, 5.41) is 21.4. The van der Waals surface area contributed by atoms with Gasteiger partial charge in [0.25, 0.3) is 0 Å². The average Bonchev–Trinajstić information content (AvgIpc) is 2.32. The Morgan fingerprint density at radius 3 is 2.44 bits per heavy atom. The molecular weight excluding hydrogens is 204 g/mol. The topological polar surface area (TPSA) is 60.1 Å². The molecule has 1 aromatic heterocycles. The van der Waals surface area contributed by atoms with Crippen molar-refractivity contribution in [3.8, 4) is 17.1 Å². The van der Waals surface area contributed by atoms with Gasteiger partial charge in [-0.3, -0.25) is 0 Å². The predicted octanol–water partition coefficient (Wildman–Crippen LogP) is 1.70. The number of hydrogen-bond donors (Lipinski definition) is 1. The number of benzene rings is 1. The first-order valence-electron chi connectivity index (χ1n) is 4.96. The van der Waals surface area contributed by atoms with Crippen molar-refractivity contribution in [3.05, 3.63) is 46.9 Å². The smallest absolute Gasteiger partial charge is 0.333 e. The van der Waals surface area contributed by atoms with Crippen LogP contribution in [0.5, 0.6) is 5.75 Å². The van der Waals surface area contributed by atoms with E-state index in [-0.39, 0.29) is 11.4 Å². The second-order valence-electron chi connectivity index (χ2n) is 3.62. The third-order valence-corrected chi connectivity index (χ3v) is 2.49. The number of rotatable bonds is 1.